The number of alkyl halides is 3. The molecule has 170 valence electrons. The molecule has 0 unspecified atom stereocenters. The summed E-state index contributed by atoms with van der Waals surface area (Å²) in [4.78, 5) is 37.7. The van der Waals surface area contributed by atoms with E-state index >= 15 is 0 Å². The molecule has 2 aromatic rings. The Morgan fingerprint density at radius 1 is 1.09 bits per heavy atom. The lowest BCUT2D eigenvalue weighted by molar-refractivity contribution is -0.274. The Kier molecular flexibility index (Phi) is 7.34. The highest BCUT2D eigenvalue weighted by molar-refractivity contribution is 5.91. The average Bonchev–Trinajstić information content (AvgIpc) is 3.14. The Hall–Kier alpha value is -3.56. The third kappa shape index (κ3) is 6.73. The second-order valence-electron chi connectivity index (χ2n) is 7.13. The van der Waals surface area contributed by atoms with Crippen LogP contribution in [0.15, 0.2) is 48.5 Å². The molecule has 1 N–H and O–H groups in total. The van der Waals surface area contributed by atoms with Crippen LogP contribution in [0.3, 0.4) is 0 Å². The first-order chi connectivity index (χ1) is 15.2. The Labute approximate surface area is 182 Å². The van der Waals surface area contributed by atoms with Gasteiger partial charge in [-0.2, -0.15) is 0 Å². The van der Waals surface area contributed by atoms with Crippen molar-refractivity contribution in [3.05, 3.63) is 65.2 Å². The summed E-state index contributed by atoms with van der Waals surface area (Å²) in [6.07, 6.45) is -3.53. The molecule has 0 aromatic heterocycles. The minimum atomic E-state index is -4.85. The standard InChI is InChI=1S/C22H21F3N2O5/c23-22(24,25)32-18-8-2-1-6-17(18)12-26-19(28)14-31-21(30)16-7-3-5-15(11-16)13-27-10-4-9-20(27)29/h1-3,5-8,11H,4,9-10,12-14H2,(H,26,28). The van der Waals surface area contributed by atoms with Crippen molar-refractivity contribution in [2.24, 2.45) is 0 Å². The molecule has 10 heteroatoms. The van der Waals surface area contributed by atoms with E-state index in [9.17, 15) is 27.6 Å². The summed E-state index contributed by atoms with van der Waals surface area (Å²) in [5.74, 6) is -1.77. The molecule has 0 bridgehead atoms. The van der Waals surface area contributed by atoms with E-state index in [1.54, 1.807) is 23.1 Å². The maximum absolute atomic E-state index is 12.5. The number of halogens is 3. The molecular formula is C22H21F3N2O5. The highest BCUT2D eigenvalue weighted by atomic mass is 19.4. The lowest BCUT2D eigenvalue weighted by atomic mass is 10.1. The molecule has 7 nitrogen and oxygen atoms in total. The number of ether oxygens (including phenoxy) is 2. The van der Waals surface area contributed by atoms with Crippen LogP contribution >= 0.6 is 0 Å². The number of nitrogens with zero attached hydrogens (tertiary/aromatic N) is 1. The van der Waals surface area contributed by atoms with Crippen LogP contribution < -0.4 is 10.1 Å². The van der Waals surface area contributed by atoms with Crippen molar-refractivity contribution in [2.75, 3.05) is 13.2 Å². The Balaban J connectivity index is 1.50. The smallest absolute Gasteiger partial charge is 0.452 e. The summed E-state index contributed by atoms with van der Waals surface area (Å²) < 4.78 is 46.3. The van der Waals surface area contributed by atoms with Gasteiger partial charge in [-0.1, -0.05) is 30.3 Å². The molecule has 0 aliphatic carbocycles. The van der Waals surface area contributed by atoms with E-state index in [0.717, 1.165) is 18.1 Å². The van der Waals surface area contributed by atoms with Crippen LogP contribution in [0.4, 0.5) is 13.2 Å². The predicted octanol–water partition coefficient (Wildman–Crippen LogP) is 3.18. The van der Waals surface area contributed by atoms with Crippen molar-refractivity contribution in [1.29, 1.82) is 0 Å². The van der Waals surface area contributed by atoms with Crippen LogP contribution in [0.1, 0.15) is 34.3 Å². The normalized spacial score (nSPS) is 13.7. The second-order valence-corrected chi connectivity index (χ2v) is 7.13. The number of carbonyl (C=O) groups excluding carboxylic acids is 3. The molecule has 1 aliphatic heterocycles. The number of amides is 2. The molecule has 2 amide bonds. The molecule has 0 spiro atoms. The van der Waals surface area contributed by atoms with Gasteiger partial charge in [0.05, 0.1) is 5.56 Å². The number of rotatable bonds is 8. The largest absolute Gasteiger partial charge is 0.573 e. The van der Waals surface area contributed by atoms with Gasteiger partial charge in [0.25, 0.3) is 5.91 Å². The first-order valence-electron chi connectivity index (χ1n) is 9.85. The van der Waals surface area contributed by atoms with Gasteiger partial charge < -0.3 is 19.7 Å². The molecule has 0 radical (unpaired) electrons. The number of para-hydroxylation sites is 1. The highest BCUT2D eigenvalue weighted by Gasteiger charge is 2.32. The molecule has 3 rings (SSSR count). The third-order valence-corrected chi connectivity index (χ3v) is 4.72. The van der Waals surface area contributed by atoms with Crippen molar-refractivity contribution in [3.63, 3.8) is 0 Å². The number of carbonyl (C=O) groups is 3. The van der Waals surface area contributed by atoms with Gasteiger partial charge in [-0.3, -0.25) is 9.59 Å². The second kappa shape index (κ2) is 10.2. The molecule has 32 heavy (non-hydrogen) atoms. The van der Waals surface area contributed by atoms with E-state index in [0.29, 0.717) is 19.5 Å². The van der Waals surface area contributed by atoms with Gasteiger partial charge >= 0.3 is 12.3 Å². The monoisotopic (exact) mass is 450 g/mol. The molecule has 1 heterocycles. The maximum atomic E-state index is 12.5. The van der Waals surface area contributed by atoms with E-state index in [1.165, 1.54) is 24.3 Å². The molecule has 1 saturated heterocycles. The van der Waals surface area contributed by atoms with Crippen molar-refractivity contribution < 1.29 is 37.0 Å². The molecular weight excluding hydrogens is 429 g/mol. The number of hydrogen-bond acceptors (Lipinski definition) is 5. The molecule has 1 aliphatic rings. The molecule has 0 saturated carbocycles. The van der Waals surface area contributed by atoms with Crippen LogP contribution in [-0.4, -0.2) is 42.2 Å². The van der Waals surface area contributed by atoms with Gasteiger partial charge in [0.2, 0.25) is 5.91 Å². The minimum absolute atomic E-state index is 0.0665. The van der Waals surface area contributed by atoms with E-state index in [-0.39, 0.29) is 23.6 Å². The summed E-state index contributed by atoms with van der Waals surface area (Å²) in [7, 11) is 0. The van der Waals surface area contributed by atoms with Crippen LogP contribution in [0, 0.1) is 0 Å². The van der Waals surface area contributed by atoms with Gasteiger partial charge in [0, 0.05) is 31.6 Å². The maximum Gasteiger partial charge on any atom is 0.573 e. The first kappa shape index (κ1) is 23.1. The van der Waals surface area contributed by atoms with Crippen LogP contribution in [0.2, 0.25) is 0 Å². The van der Waals surface area contributed by atoms with E-state index in [2.05, 4.69) is 10.1 Å². The molecule has 0 atom stereocenters. The predicted molar refractivity (Wildman–Crippen MR) is 106 cm³/mol. The number of likely N-dealkylation sites (tertiary alicyclic amines) is 1. The van der Waals surface area contributed by atoms with E-state index < -0.39 is 30.6 Å². The fourth-order valence-corrected chi connectivity index (χ4v) is 3.22. The Morgan fingerprint density at radius 2 is 1.88 bits per heavy atom. The summed E-state index contributed by atoms with van der Waals surface area (Å²) in [5.41, 5.74) is 1.11. The number of nitrogens with one attached hydrogen (secondary N) is 1. The summed E-state index contributed by atoms with van der Waals surface area (Å²) in [6.45, 7) is 0.225. The van der Waals surface area contributed by atoms with Gasteiger partial charge in [0.1, 0.15) is 5.75 Å². The third-order valence-electron chi connectivity index (χ3n) is 4.72. The Bertz CT molecular complexity index is 994. The van der Waals surface area contributed by atoms with Gasteiger partial charge in [-0.05, 0) is 30.2 Å². The Morgan fingerprint density at radius 3 is 2.59 bits per heavy atom. The summed E-state index contributed by atoms with van der Waals surface area (Å²) in [6, 6.07) is 12.0. The van der Waals surface area contributed by atoms with Crippen LogP contribution in [-0.2, 0) is 27.4 Å². The van der Waals surface area contributed by atoms with Gasteiger partial charge in [-0.15, -0.1) is 13.2 Å². The summed E-state index contributed by atoms with van der Waals surface area (Å²) >= 11 is 0. The van der Waals surface area contributed by atoms with Crippen molar-refractivity contribution in [1.82, 2.24) is 10.2 Å². The van der Waals surface area contributed by atoms with Gasteiger partial charge in [0.15, 0.2) is 6.61 Å². The first-order valence-corrected chi connectivity index (χ1v) is 9.85. The minimum Gasteiger partial charge on any atom is -0.452 e. The molecule has 2 aromatic carbocycles. The lowest BCUT2D eigenvalue weighted by Crippen LogP contribution is -2.29. The van der Waals surface area contributed by atoms with Crippen molar-refractivity contribution in [2.45, 2.75) is 32.3 Å². The van der Waals surface area contributed by atoms with Crippen molar-refractivity contribution in [3.8, 4) is 5.75 Å². The fraction of sp³-hybridized carbons (Fsp3) is 0.318. The van der Waals surface area contributed by atoms with Crippen LogP contribution in [0.25, 0.3) is 0 Å². The zero-order chi connectivity index (χ0) is 23.1. The number of benzene rings is 2. The lowest BCUT2D eigenvalue weighted by Gasteiger charge is -2.16. The molecule has 1 fully saturated rings. The SMILES string of the molecule is O=C(COC(=O)c1cccc(CN2CCCC2=O)c1)NCc1ccccc1OC(F)(F)F. The zero-order valence-corrected chi connectivity index (χ0v) is 17.0. The summed E-state index contributed by atoms with van der Waals surface area (Å²) in [5, 5.41) is 2.39. The number of esters is 1. The zero-order valence-electron chi connectivity index (χ0n) is 17.0. The average molecular weight is 450 g/mol. The quantitative estimate of drug-likeness (QED) is 0.625. The van der Waals surface area contributed by atoms with Gasteiger partial charge in [-0.25, -0.2) is 4.79 Å². The van der Waals surface area contributed by atoms with E-state index in [1.807, 2.05) is 0 Å². The van der Waals surface area contributed by atoms with E-state index in [4.69, 9.17) is 4.74 Å². The fourth-order valence-electron chi connectivity index (χ4n) is 3.22. The van der Waals surface area contributed by atoms with Crippen LogP contribution in [0.5, 0.6) is 5.75 Å². The number of hydrogen-bond donors (Lipinski definition) is 1. The van der Waals surface area contributed by atoms with Crippen molar-refractivity contribution >= 4 is 17.8 Å². The topological polar surface area (TPSA) is 84.9 Å². The highest BCUT2D eigenvalue weighted by Crippen LogP contribution is 2.26.